The van der Waals surface area contributed by atoms with Crippen LogP contribution in [0, 0.1) is 13.8 Å². The van der Waals surface area contributed by atoms with Crippen molar-refractivity contribution in [3.63, 3.8) is 0 Å². The van der Waals surface area contributed by atoms with Gasteiger partial charge in [-0.1, -0.05) is 17.2 Å². The zero-order chi connectivity index (χ0) is 13.4. The molecule has 1 N–H and O–H groups in total. The molecule has 0 spiro atoms. The molecule has 2 fully saturated rings. The van der Waals surface area contributed by atoms with E-state index in [-0.39, 0.29) is 18.3 Å². The summed E-state index contributed by atoms with van der Waals surface area (Å²) in [5, 5.41) is 3.44. The Morgan fingerprint density at radius 1 is 1.10 bits per heavy atom. The molecule has 4 heteroatoms. The number of carbonyl (C=O) groups is 1. The summed E-state index contributed by atoms with van der Waals surface area (Å²) < 4.78 is 0. The highest BCUT2D eigenvalue weighted by atomic mass is 35.5. The summed E-state index contributed by atoms with van der Waals surface area (Å²) in [7, 11) is 0. The van der Waals surface area contributed by atoms with Gasteiger partial charge in [0.25, 0.3) is 5.91 Å². The molecular weight excluding hydrogens is 272 g/mol. The SMILES string of the molecule is Cc1cc(C)cc(C(=O)N2C3CCNCC2CC3)c1.Cl. The fourth-order valence-corrected chi connectivity index (χ4v) is 3.56. The van der Waals surface area contributed by atoms with Crippen LogP contribution in [-0.4, -0.2) is 36.0 Å². The minimum atomic E-state index is 0. The second-order valence-electron chi connectivity index (χ2n) is 5.97. The van der Waals surface area contributed by atoms with E-state index in [1.165, 1.54) is 17.5 Å². The fourth-order valence-electron chi connectivity index (χ4n) is 3.56. The van der Waals surface area contributed by atoms with Crippen LogP contribution in [0.2, 0.25) is 0 Å². The molecule has 110 valence electrons. The van der Waals surface area contributed by atoms with Crippen LogP contribution < -0.4 is 5.32 Å². The second-order valence-corrected chi connectivity index (χ2v) is 5.97. The van der Waals surface area contributed by atoms with E-state index in [0.717, 1.165) is 31.5 Å². The average Bonchev–Trinajstić information content (AvgIpc) is 2.60. The maximum absolute atomic E-state index is 12.8. The van der Waals surface area contributed by atoms with Gasteiger partial charge in [-0.2, -0.15) is 0 Å². The lowest BCUT2D eigenvalue weighted by Crippen LogP contribution is -2.42. The number of aryl methyl sites for hydroxylation is 2. The molecule has 0 aliphatic carbocycles. The normalized spacial score (nSPS) is 25.0. The van der Waals surface area contributed by atoms with Crippen molar-refractivity contribution < 1.29 is 4.79 Å². The molecule has 2 saturated heterocycles. The first-order valence-corrected chi connectivity index (χ1v) is 7.27. The van der Waals surface area contributed by atoms with Crippen molar-refractivity contribution in [3.05, 3.63) is 34.9 Å². The maximum Gasteiger partial charge on any atom is 0.254 e. The Hall–Kier alpha value is -1.06. The summed E-state index contributed by atoms with van der Waals surface area (Å²) in [4.78, 5) is 15.0. The highest BCUT2D eigenvalue weighted by Crippen LogP contribution is 2.29. The molecule has 2 heterocycles. The number of nitrogens with zero attached hydrogens (tertiary/aromatic N) is 1. The van der Waals surface area contributed by atoms with Crippen LogP contribution in [0.3, 0.4) is 0 Å². The maximum atomic E-state index is 12.8. The van der Waals surface area contributed by atoms with Gasteiger partial charge >= 0.3 is 0 Å². The Morgan fingerprint density at radius 3 is 2.45 bits per heavy atom. The molecule has 0 radical (unpaired) electrons. The smallest absolute Gasteiger partial charge is 0.254 e. The van der Waals surface area contributed by atoms with E-state index < -0.39 is 0 Å². The van der Waals surface area contributed by atoms with Crippen molar-refractivity contribution in [2.45, 2.75) is 45.2 Å². The number of benzene rings is 1. The molecule has 2 unspecified atom stereocenters. The van der Waals surface area contributed by atoms with Crippen LogP contribution in [0.1, 0.15) is 40.7 Å². The summed E-state index contributed by atoms with van der Waals surface area (Å²) in [6.07, 6.45) is 3.41. The number of amides is 1. The van der Waals surface area contributed by atoms with Crippen LogP contribution in [0.25, 0.3) is 0 Å². The Bertz CT molecular complexity index is 469. The van der Waals surface area contributed by atoms with Gasteiger partial charge in [0.15, 0.2) is 0 Å². The average molecular weight is 295 g/mol. The monoisotopic (exact) mass is 294 g/mol. The summed E-state index contributed by atoms with van der Waals surface area (Å²) >= 11 is 0. The molecule has 0 aromatic heterocycles. The van der Waals surface area contributed by atoms with Gasteiger partial charge in [-0.25, -0.2) is 0 Å². The molecule has 3 rings (SSSR count). The highest BCUT2D eigenvalue weighted by molar-refractivity contribution is 5.95. The summed E-state index contributed by atoms with van der Waals surface area (Å²) in [5.41, 5.74) is 3.20. The zero-order valence-electron chi connectivity index (χ0n) is 12.2. The largest absolute Gasteiger partial charge is 0.331 e. The van der Waals surface area contributed by atoms with E-state index in [4.69, 9.17) is 0 Å². The Labute approximate surface area is 127 Å². The summed E-state index contributed by atoms with van der Waals surface area (Å²) in [6, 6.07) is 6.99. The lowest BCUT2D eigenvalue weighted by atomic mass is 10.1. The third-order valence-corrected chi connectivity index (χ3v) is 4.36. The number of carbonyl (C=O) groups excluding carboxylic acids is 1. The van der Waals surface area contributed by atoms with Crippen molar-refractivity contribution in [1.29, 1.82) is 0 Å². The second kappa shape index (κ2) is 6.15. The first kappa shape index (κ1) is 15.3. The molecule has 2 bridgehead atoms. The zero-order valence-corrected chi connectivity index (χ0v) is 13.0. The minimum Gasteiger partial charge on any atom is -0.331 e. The Morgan fingerprint density at radius 2 is 1.75 bits per heavy atom. The molecule has 3 nitrogen and oxygen atoms in total. The number of halogens is 1. The van der Waals surface area contributed by atoms with Crippen LogP contribution in [-0.2, 0) is 0 Å². The standard InChI is InChI=1S/C16H22N2O.ClH/c1-11-7-12(2)9-13(8-11)16(19)18-14-3-4-15(18)10-17-6-5-14;/h7-9,14-15,17H,3-6,10H2,1-2H3;1H. The lowest BCUT2D eigenvalue weighted by Gasteiger charge is -2.28. The van der Waals surface area contributed by atoms with Crippen molar-refractivity contribution in [2.75, 3.05) is 13.1 Å². The van der Waals surface area contributed by atoms with Crippen molar-refractivity contribution >= 4 is 18.3 Å². The van der Waals surface area contributed by atoms with Gasteiger partial charge in [0.05, 0.1) is 0 Å². The molecule has 2 aliphatic heterocycles. The third-order valence-electron chi connectivity index (χ3n) is 4.36. The van der Waals surface area contributed by atoms with E-state index in [1.807, 2.05) is 12.1 Å². The van der Waals surface area contributed by atoms with Gasteiger partial charge in [0, 0.05) is 24.2 Å². The van der Waals surface area contributed by atoms with Gasteiger partial charge in [0.2, 0.25) is 0 Å². The molecular formula is C16H23ClN2O. The van der Waals surface area contributed by atoms with Gasteiger partial charge in [-0.05, 0) is 51.8 Å². The van der Waals surface area contributed by atoms with Crippen molar-refractivity contribution in [1.82, 2.24) is 10.2 Å². The van der Waals surface area contributed by atoms with Crippen molar-refractivity contribution in [3.8, 4) is 0 Å². The summed E-state index contributed by atoms with van der Waals surface area (Å²) in [6.45, 7) is 6.11. The fraction of sp³-hybridized carbons (Fsp3) is 0.562. The number of nitrogens with one attached hydrogen (secondary N) is 1. The molecule has 1 aromatic rings. The molecule has 1 amide bonds. The predicted octanol–water partition coefficient (Wildman–Crippen LogP) is 2.69. The van der Waals surface area contributed by atoms with Crippen LogP contribution in [0.4, 0.5) is 0 Å². The van der Waals surface area contributed by atoms with Gasteiger partial charge in [-0.15, -0.1) is 12.4 Å². The van der Waals surface area contributed by atoms with Crippen molar-refractivity contribution in [2.24, 2.45) is 0 Å². The highest BCUT2D eigenvalue weighted by Gasteiger charge is 2.38. The first-order valence-electron chi connectivity index (χ1n) is 7.27. The molecule has 2 atom stereocenters. The number of fused-ring (bicyclic) bond motifs is 2. The van der Waals surface area contributed by atoms with Crippen LogP contribution in [0.15, 0.2) is 18.2 Å². The summed E-state index contributed by atoms with van der Waals surface area (Å²) in [5.74, 6) is 0.225. The van der Waals surface area contributed by atoms with E-state index in [9.17, 15) is 4.79 Å². The topological polar surface area (TPSA) is 32.3 Å². The molecule has 20 heavy (non-hydrogen) atoms. The van der Waals surface area contributed by atoms with E-state index in [0.29, 0.717) is 12.1 Å². The van der Waals surface area contributed by atoms with E-state index in [2.05, 4.69) is 30.1 Å². The van der Waals surface area contributed by atoms with Gasteiger partial charge in [0.1, 0.15) is 0 Å². The molecule has 0 saturated carbocycles. The number of hydrogen-bond acceptors (Lipinski definition) is 2. The molecule has 1 aromatic carbocycles. The number of hydrogen-bond donors (Lipinski definition) is 1. The van der Waals surface area contributed by atoms with E-state index >= 15 is 0 Å². The predicted molar refractivity (Wildman–Crippen MR) is 83.6 cm³/mol. The van der Waals surface area contributed by atoms with Gasteiger partial charge in [-0.3, -0.25) is 4.79 Å². The Kier molecular flexibility index (Phi) is 4.71. The first-order chi connectivity index (χ1) is 9.15. The molecule has 2 aliphatic rings. The third kappa shape index (κ3) is 2.84. The van der Waals surface area contributed by atoms with Gasteiger partial charge < -0.3 is 10.2 Å². The minimum absolute atomic E-state index is 0. The lowest BCUT2D eigenvalue weighted by molar-refractivity contribution is 0.0680. The Balaban J connectivity index is 0.00000147. The number of rotatable bonds is 1. The van der Waals surface area contributed by atoms with Crippen LogP contribution in [0.5, 0.6) is 0 Å². The quantitative estimate of drug-likeness (QED) is 0.864. The van der Waals surface area contributed by atoms with Crippen LogP contribution >= 0.6 is 12.4 Å². The van der Waals surface area contributed by atoms with E-state index in [1.54, 1.807) is 0 Å².